The Morgan fingerprint density at radius 1 is 1.14 bits per heavy atom. The van der Waals surface area contributed by atoms with E-state index in [9.17, 15) is 4.79 Å². The summed E-state index contributed by atoms with van der Waals surface area (Å²) in [5.74, 6) is 0.610. The lowest BCUT2D eigenvalue weighted by Crippen LogP contribution is -2.12. The zero-order valence-corrected chi connectivity index (χ0v) is 13.1. The number of rotatable bonds is 4. The third kappa shape index (κ3) is 3.87. The summed E-state index contributed by atoms with van der Waals surface area (Å²) in [6.07, 6.45) is 2.34. The predicted octanol–water partition coefficient (Wildman–Crippen LogP) is 3.74. The van der Waals surface area contributed by atoms with Crippen LogP contribution in [-0.4, -0.2) is 19.0 Å². The minimum absolute atomic E-state index is 0.121. The lowest BCUT2D eigenvalue weighted by atomic mass is 9.98. The molecule has 0 saturated carbocycles. The normalized spacial score (nSPS) is 17.4. The molecule has 1 amide bonds. The number of halogens is 1. The van der Waals surface area contributed by atoms with Gasteiger partial charge in [-0.1, -0.05) is 23.7 Å². The Morgan fingerprint density at radius 3 is 2.50 bits per heavy atom. The van der Waals surface area contributed by atoms with Crippen molar-refractivity contribution in [3.63, 3.8) is 0 Å². The molecule has 3 rings (SSSR count). The molecule has 22 heavy (non-hydrogen) atoms. The van der Waals surface area contributed by atoms with Crippen LogP contribution in [0.3, 0.4) is 0 Å². The van der Waals surface area contributed by atoms with Crippen LogP contribution < -0.4 is 10.6 Å². The Balaban J connectivity index is 1.60. The summed E-state index contributed by atoms with van der Waals surface area (Å²) in [6, 6.07) is 15.0. The highest BCUT2D eigenvalue weighted by molar-refractivity contribution is 6.30. The predicted molar refractivity (Wildman–Crippen MR) is 90.5 cm³/mol. The largest absolute Gasteiger partial charge is 0.322 e. The van der Waals surface area contributed by atoms with Crippen molar-refractivity contribution in [2.45, 2.75) is 12.8 Å². The van der Waals surface area contributed by atoms with Gasteiger partial charge in [-0.15, -0.1) is 0 Å². The van der Waals surface area contributed by atoms with Gasteiger partial charge in [0.05, 0.1) is 0 Å². The van der Waals surface area contributed by atoms with Crippen LogP contribution in [-0.2, 0) is 6.42 Å². The van der Waals surface area contributed by atoms with Crippen LogP contribution in [0.15, 0.2) is 48.5 Å². The Morgan fingerprint density at radius 2 is 1.86 bits per heavy atom. The van der Waals surface area contributed by atoms with E-state index in [1.807, 2.05) is 12.1 Å². The summed E-state index contributed by atoms with van der Waals surface area (Å²) in [6.45, 7) is 2.23. The summed E-state index contributed by atoms with van der Waals surface area (Å²) in [4.78, 5) is 12.1. The molecule has 0 aliphatic carbocycles. The molecule has 1 aliphatic heterocycles. The van der Waals surface area contributed by atoms with E-state index in [0.717, 1.165) is 31.1 Å². The molecule has 2 aromatic rings. The number of hydrogen-bond donors (Lipinski definition) is 2. The second-order valence-electron chi connectivity index (χ2n) is 5.72. The SMILES string of the molecule is O=C(Nc1ccc(CC2CCNC2)cc1)c1ccc(Cl)cc1. The van der Waals surface area contributed by atoms with Crippen LogP contribution in [0.1, 0.15) is 22.3 Å². The first-order valence-electron chi connectivity index (χ1n) is 7.57. The van der Waals surface area contributed by atoms with Gasteiger partial charge in [0, 0.05) is 16.3 Å². The fourth-order valence-electron chi connectivity index (χ4n) is 2.75. The van der Waals surface area contributed by atoms with Crippen molar-refractivity contribution in [3.05, 3.63) is 64.7 Å². The van der Waals surface area contributed by atoms with Gasteiger partial charge < -0.3 is 10.6 Å². The van der Waals surface area contributed by atoms with Crippen molar-refractivity contribution >= 4 is 23.2 Å². The molecule has 2 aromatic carbocycles. The second kappa shape index (κ2) is 6.95. The van der Waals surface area contributed by atoms with Gasteiger partial charge >= 0.3 is 0 Å². The van der Waals surface area contributed by atoms with Gasteiger partial charge in [-0.3, -0.25) is 4.79 Å². The molecule has 0 bridgehead atoms. The Labute approximate surface area is 135 Å². The molecule has 3 nitrogen and oxygen atoms in total. The molecule has 0 radical (unpaired) electrons. The highest BCUT2D eigenvalue weighted by atomic mass is 35.5. The van der Waals surface area contributed by atoms with Crippen LogP contribution in [0.2, 0.25) is 5.02 Å². The van der Waals surface area contributed by atoms with E-state index >= 15 is 0 Å². The summed E-state index contributed by atoms with van der Waals surface area (Å²) in [5.41, 5.74) is 2.73. The molecule has 4 heteroatoms. The van der Waals surface area contributed by atoms with Crippen molar-refractivity contribution in [1.29, 1.82) is 0 Å². The Bertz CT molecular complexity index is 631. The third-order valence-corrected chi connectivity index (χ3v) is 4.26. The van der Waals surface area contributed by atoms with Gasteiger partial charge in [-0.05, 0) is 73.8 Å². The Kier molecular flexibility index (Phi) is 4.76. The van der Waals surface area contributed by atoms with E-state index in [-0.39, 0.29) is 5.91 Å². The number of nitrogens with one attached hydrogen (secondary N) is 2. The maximum Gasteiger partial charge on any atom is 0.255 e. The molecule has 1 heterocycles. The summed E-state index contributed by atoms with van der Waals surface area (Å²) < 4.78 is 0. The molecule has 114 valence electrons. The molecule has 1 fully saturated rings. The van der Waals surface area contributed by atoms with Gasteiger partial charge in [0.15, 0.2) is 0 Å². The lowest BCUT2D eigenvalue weighted by molar-refractivity contribution is 0.102. The second-order valence-corrected chi connectivity index (χ2v) is 6.16. The highest BCUT2D eigenvalue weighted by Crippen LogP contribution is 2.18. The van der Waals surface area contributed by atoms with E-state index in [1.54, 1.807) is 24.3 Å². The first-order chi connectivity index (χ1) is 10.7. The summed E-state index contributed by atoms with van der Waals surface area (Å²) in [7, 11) is 0. The molecule has 2 N–H and O–H groups in total. The zero-order chi connectivity index (χ0) is 15.4. The van der Waals surface area contributed by atoms with Gasteiger partial charge in [0.2, 0.25) is 0 Å². The quantitative estimate of drug-likeness (QED) is 0.902. The van der Waals surface area contributed by atoms with Crippen LogP contribution in [0.25, 0.3) is 0 Å². The Hall–Kier alpha value is -1.84. The number of amides is 1. The standard InChI is InChI=1S/C18H19ClN2O/c19-16-5-3-15(4-6-16)18(22)21-17-7-1-13(2-8-17)11-14-9-10-20-12-14/h1-8,14,20H,9-12H2,(H,21,22). The average Bonchev–Trinajstić information content (AvgIpc) is 3.03. The third-order valence-electron chi connectivity index (χ3n) is 4.00. The lowest BCUT2D eigenvalue weighted by Gasteiger charge is -2.10. The molecular weight excluding hydrogens is 296 g/mol. The fraction of sp³-hybridized carbons (Fsp3) is 0.278. The van der Waals surface area contributed by atoms with Crippen molar-refractivity contribution in [2.75, 3.05) is 18.4 Å². The molecule has 1 aliphatic rings. The average molecular weight is 315 g/mol. The number of anilines is 1. The summed E-state index contributed by atoms with van der Waals surface area (Å²) >= 11 is 5.83. The first-order valence-corrected chi connectivity index (χ1v) is 7.95. The van der Waals surface area contributed by atoms with Crippen LogP contribution >= 0.6 is 11.6 Å². The highest BCUT2D eigenvalue weighted by Gasteiger charge is 2.14. The molecule has 0 spiro atoms. The van der Waals surface area contributed by atoms with Gasteiger partial charge in [-0.2, -0.15) is 0 Å². The molecule has 1 unspecified atom stereocenters. The number of hydrogen-bond acceptors (Lipinski definition) is 2. The van der Waals surface area contributed by atoms with Crippen molar-refractivity contribution in [3.8, 4) is 0 Å². The fourth-order valence-corrected chi connectivity index (χ4v) is 2.88. The number of carbonyl (C=O) groups excluding carboxylic acids is 1. The molecule has 0 aromatic heterocycles. The van der Waals surface area contributed by atoms with Gasteiger partial charge in [0.25, 0.3) is 5.91 Å². The summed E-state index contributed by atoms with van der Waals surface area (Å²) in [5, 5.41) is 6.92. The van der Waals surface area contributed by atoms with E-state index in [0.29, 0.717) is 10.6 Å². The molecular formula is C18H19ClN2O. The van der Waals surface area contributed by atoms with E-state index < -0.39 is 0 Å². The van der Waals surface area contributed by atoms with Gasteiger partial charge in [-0.25, -0.2) is 0 Å². The molecule has 1 atom stereocenters. The van der Waals surface area contributed by atoms with E-state index in [4.69, 9.17) is 11.6 Å². The minimum Gasteiger partial charge on any atom is -0.322 e. The van der Waals surface area contributed by atoms with Crippen LogP contribution in [0.5, 0.6) is 0 Å². The van der Waals surface area contributed by atoms with Crippen LogP contribution in [0, 0.1) is 5.92 Å². The van der Waals surface area contributed by atoms with Crippen molar-refractivity contribution < 1.29 is 4.79 Å². The van der Waals surface area contributed by atoms with E-state index in [2.05, 4.69) is 22.8 Å². The minimum atomic E-state index is -0.121. The molecule has 1 saturated heterocycles. The number of carbonyl (C=O) groups is 1. The maximum absolute atomic E-state index is 12.1. The maximum atomic E-state index is 12.1. The van der Waals surface area contributed by atoms with E-state index in [1.165, 1.54) is 12.0 Å². The first kappa shape index (κ1) is 15.1. The number of benzene rings is 2. The van der Waals surface area contributed by atoms with Crippen molar-refractivity contribution in [2.24, 2.45) is 5.92 Å². The van der Waals surface area contributed by atoms with Crippen molar-refractivity contribution in [1.82, 2.24) is 5.32 Å². The zero-order valence-electron chi connectivity index (χ0n) is 12.3. The smallest absolute Gasteiger partial charge is 0.255 e. The van der Waals surface area contributed by atoms with Gasteiger partial charge in [0.1, 0.15) is 0 Å². The topological polar surface area (TPSA) is 41.1 Å². The monoisotopic (exact) mass is 314 g/mol. The van der Waals surface area contributed by atoms with Crippen LogP contribution in [0.4, 0.5) is 5.69 Å².